The van der Waals surface area contributed by atoms with E-state index in [9.17, 15) is 34.4 Å². The van der Waals surface area contributed by atoms with Crippen molar-refractivity contribution in [1.82, 2.24) is 0 Å². The van der Waals surface area contributed by atoms with Crippen molar-refractivity contribution >= 4 is 19.8 Å². The van der Waals surface area contributed by atoms with Crippen LogP contribution in [0.5, 0.6) is 0 Å². The molecule has 13 heteroatoms. The Bertz CT molecular complexity index is 1260. The number of ether oxygens (including phenoxy) is 2. The highest BCUT2D eigenvalue weighted by atomic mass is 31.2. The van der Waals surface area contributed by atoms with Crippen LogP contribution >= 0.6 is 7.82 Å². The number of phosphoric ester groups is 1. The largest absolute Gasteiger partial charge is 0.472 e. The average molecular weight is 825 g/mol. The van der Waals surface area contributed by atoms with Crippen LogP contribution in [0.2, 0.25) is 0 Å². The van der Waals surface area contributed by atoms with Crippen molar-refractivity contribution in [3.05, 3.63) is 85.1 Å². The van der Waals surface area contributed by atoms with Crippen molar-refractivity contribution in [2.45, 2.75) is 154 Å². The Kier molecular flexibility index (Phi) is 36.6. The topological polar surface area (TPSA) is 189 Å². The third kappa shape index (κ3) is 37.1. The lowest BCUT2D eigenvalue weighted by Gasteiger charge is -2.20. The van der Waals surface area contributed by atoms with Gasteiger partial charge < -0.3 is 34.8 Å². The fourth-order valence-electron chi connectivity index (χ4n) is 4.98. The number of carbonyl (C=O) groups excluding carboxylic acids is 2. The fourth-order valence-corrected chi connectivity index (χ4v) is 5.76. The maximum Gasteiger partial charge on any atom is 0.472 e. The first kappa shape index (κ1) is 54.1. The molecule has 0 bridgehead atoms. The van der Waals surface area contributed by atoms with Crippen LogP contribution in [-0.4, -0.2) is 88.1 Å². The Morgan fingerprint density at radius 3 is 1.65 bits per heavy atom. The van der Waals surface area contributed by atoms with Gasteiger partial charge in [0.15, 0.2) is 6.10 Å². The van der Waals surface area contributed by atoms with Crippen molar-refractivity contribution in [3.63, 3.8) is 0 Å². The molecule has 0 aromatic carbocycles. The van der Waals surface area contributed by atoms with Gasteiger partial charge in [0.2, 0.25) is 0 Å². The number of phosphoric acid groups is 1. The van der Waals surface area contributed by atoms with Gasteiger partial charge in [0.25, 0.3) is 0 Å². The number of hydrogen-bond acceptors (Lipinski definition) is 11. The van der Waals surface area contributed by atoms with Crippen molar-refractivity contribution in [3.8, 4) is 0 Å². The van der Waals surface area contributed by atoms with Crippen LogP contribution in [-0.2, 0) is 32.7 Å². The number of esters is 2. The van der Waals surface area contributed by atoms with Crippen LogP contribution in [0.1, 0.15) is 129 Å². The molecule has 0 aromatic rings. The van der Waals surface area contributed by atoms with Crippen molar-refractivity contribution in [2.75, 3.05) is 26.4 Å². The van der Waals surface area contributed by atoms with Gasteiger partial charge in [-0.15, -0.1) is 0 Å². The van der Waals surface area contributed by atoms with Crippen molar-refractivity contribution in [1.29, 1.82) is 0 Å². The lowest BCUT2D eigenvalue weighted by molar-refractivity contribution is -0.161. The minimum absolute atomic E-state index is 0.0836. The second-order valence-electron chi connectivity index (χ2n) is 13.6. The summed E-state index contributed by atoms with van der Waals surface area (Å²) in [5.41, 5.74) is 0. The van der Waals surface area contributed by atoms with Gasteiger partial charge >= 0.3 is 19.8 Å². The van der Waals surface area contributed by atoms with E-state index in [-0.39, 0.29) is 32.1 Å². The summed E-state index contributed by atoms with van der Waals surface area (Å²) in [6, 6.07) is 0. The monoisotopic (exact) mass is 824 g/mol. The van der Waals surface area contributed by atoms with Gasteiger partial charge in [-0.2, -0.15) is 0 Å². The molecule has 5 N–H and O–H groups in total. The van der Waals surface area contributed by atoms with E-state index >= 15 is 0 Å². The molecule has 0 heterocycles. The molecule has 326 valence electrons. The van der Waals surface area contributed by atoms with E-state index in [4.69, 9.17) is 19.1 Å². The zero-order valence-corrected chi connectivity index (χ0v) is 35.4. The molecule has 0 spiro atoms. The lowest BCUT2D eigenvalue weighted by Crippen LogP contribution is -2.30. The van der Waals surface area contributed by atoms with E-state index in [0.29, 0.717) is 12.8 Å². The van der Waals surface area contributed by atoms with Gasteiger partial charge in [0.1, 0.15) is 12.7 Å². The van der Waals surface area contributed by atoms with Crippen LogP contribution in [0, 0.1) is 0 Å². The van der Waals surface area contributed by atoms with E-state index in [1.165, 1.54) is 0 Å². The van der Waals surface area contributed by atoms with Gasteiger partial charge in [0.05, 0.1) is 32.0 Å². The van der Waals surface area contributed by atoms with E-state index in [2.05, 4.69) is 85.2 Å². The molecule has 0 aliphatic heterocycles. The first-order chi connectivity index (χ1) is 27.5. The van der Waals surface area contributed by atoms with Gasteiger partial charge in [-0.05, 0) is 83.5 Å². The Labute approximate surface area is 342 Å². The molecule has 12 nitrogen and oxygen atoms in total. The number of allylic oxidation sites excluding steroid dienone is 13. The minimum atomic E-state index is -4.70. The summed E-state index contributed by atoms with van der Waals surface area (Å²) in [4.78, 5) is 35.0. The molecular formula is C44H73O12P. The zero-order chi connectivity index (χ0) is 42.2. The Morgan fingerprint density at radius 1 is 0.579 bits per heavy atom. The second kappa shape index (κ2) is 38.6. The molecular weight excluding hydrogens is 751 g/mol. The maximum atomic E-state index is 12.6. The van der Waals surface area contributed by atoms with Crippen LogP contribution in [0.15, 0.2) is 85.1 Å². The van der Waals surface area contributed by atoms with E-state index < -0.39 is 70.6 Å². The summed E-state index contributed by atoms with van der Waals surface area (Å²) in [5, 5.41) is 38.9. The summed E-state index contributed by atoms with van der Waals surface area (Å²) >= 11 is 0. The molecule has 5 atom stereocenters. The molecule has 0 aliphatic rings. The molecule has 0 amide bonds. The standard InChI is InChI=1S/C44H73O12P/c1-3-5-7-9-11-13-15-17-18-19-21-23-25-27-29-33-44(50)56-40(38-55-57(51,52)54-36-39(46)35-45)37-53-43(49)34-30-32-42(48)41(47)31-28-26-24-22-20-16-14-12-10-8-6-4-2/h5-8,11-14,17-18,20,22,26,28,39-42,45-48H,3-4,9-10,15-16,19,21,23-25,27,29-38H2,1-2H3,(H,51,52)/b7-5-,8-6-,13-11-,14-12-,18-17-,22-20-,28-26-/t39-,40+,41-,42-/m0/s1. The molecule has 0 fully saturated rings. The predicted molar refractivity (Wildman–Crippen MR) is 226 cm³/mol. The number of carbonyl (C=O) groups is 2. The average Bonchev–Trinajstić information content (AvgIpc) is 3.19. The summed E-state index contributed by atoms with van der Waals surface area (Å²) in [5.74, 6) is -1.24. The number of hydrogen-bond donors (Lipinski definition) is 5. The van der Waals surface area contributed by atoms with Crippen LogP contribution in [0.3, 0.4) is 0 Å². The van der Waals surface area contributed by atoms with Crippen LogP contribution < -0.4 is 0 Å². The van der Waals surface area contributed by atoms with Gasteiger partial charge in [-0.3, -0.25) is 18.6 Å². The summed E-state index contributed by atoms with van der Waals surface area (Å²) in [7, 11) is -4.70. The van der Waals surface area contributed by atoms with Gasteiger partial charge in [-0.1, -0.05) is 118 Å². The summed E-state index contributed by atoms with van der Waals surface area (Å²) in [6.07, 6.45) is 37.2. The minimum Gasteiger partial charge on any atom is -0.462 e. The highest BCUT2D eigenvalue weighted by molar-refractivity contribution is 7.47. The Morgan fingerprint density at radius 2 is 1.07 bits per heavy atom. The lowest BCUT2D eigenvalue weighted by atomic mass is 10.0. The van der Waals surface area contributed by atoms with Crippen LogP contribution in [0.25, 0.3) is 0 Å². The second-order valence-corrected chi connectivity index (χ2v) is 15.0. The zero-order valence-electron chi connectivity index (χ0n) is 34.5. The smallest absolute Gasteiger partial charge is 0.462 e. The number of unbranched alkanes of at least 4 members (excludes halogenated alkanes) is 5. The Hall–Kier alpha value is -2.93. The molecule has 0 aliphatic carbocycles. The highest BCUT2D eigenvalue weighted by Gasteiger charge is 2.27. The van der Waals surface area contributed by atoms with E-state index in [0.717, 1.165) is 70.6 Å². The van der Waals surface area contributed by atoms with Gasteiger partial charge in [-0.25, -0.2) is 4.57 Å². The molecule has 0 aromatic heterocycles. The molecule has 0 rings (SSSR count). The highest BCUT2D eigenvalue weighted by Crippen LogP contribution is 2.43. The van der Waals surface area contributed by atoms with E-state index in [1.807, 2.05) is 12.2 Å². The summed E-state index contributed by atoms with van der Waals surface area (Å²) in [6.45, 7) is 1.77. The first-order valence-corrected chi connectivity index (χ1v) is 22.2. The maximum absolute atomic E-state index is 12.6. The first-order valence-electron chi connectivity index (χ1n) is 20.7. The van der Waals surface area contributed by atoms with Gasteiger partial charge in [0, 0.05) is 12.8 Å². The normalized spacial score (nSPS) is 15.8. The van der Waals surface area contributed by atoms with E-state index in [1.54, 1.807) is 6.08 Å². The fraction of sp³-hybridized carbons (Fsp3) is 0.636. The predicted octanol–water partition coefficient (Wildman–Crippen LogP) is 8.61. The molecule has 0 saturated heterocycles. The molecule has 0 radical (unpaired) electrons. The third-order valence-electron chi connectivity index (χ3n) is 8.25. The van der Waals surface area contributed by atoms with Crippen molar-refractivity contribution < 1.29 is 58.0 Å². The van der Waals surface area contributed by atoms with Crippen molar-refractivity contribution in [2.24, 2.45) is 0 Å². The number of aliphatic hydroxyl groups is 4. The third-order valence-corrected chi connectivity index (χ3v) is 9.20. The molecule has 0 saturated carbocycles. The Balaban J connectivity index is 4.61. The summed E-state index contributed by atoms with van der Waals surface area (Å²) < 4.78 is 32.5. The number of rotatable bonds is 37. The SMILES string of the molecule is CC/C=C\C/C=C\C/C=C\C/C=C\C[C@H](O)[C@@H](O)CCCC(=O)OC[C@H](COP(=O)(O)OC[C@@H](O)CO)OC(=O)CCCCCCC/C=C\C/C=C\C/C=C\CC. The molecule has 1 unspecified atom stereocenters. The number of aliphatic hydroxyl groups excluding tert-OH is 4. The quantitative estimate of drug-likeness (QED) is 0.0174. The van der Waals surface area contributed by atoms with Crippen LogP contribution in [0.4, 0.5) is 0 Å². The molecule has 57 heavy (non-hydrogen) atoms.